The summed E-state index contributed by atoms with van der Waals surface area (Å²) in [4.78, 5) is 23.0. The van der Waals surface area contributed by atoms with Crippen LogP contribution in [0.4, 0.5) is 9.59 Å². The van der Waals surface area contributed by atoms with Gasteiger partial charge < -0.3 is 28.4 Å². The van der Waals surface area contributed by atoms with E-state index in [0.717, 1.165) is 23.8 Å². The largest absolute Gasteiger partial charge is 0.510 e. The van der Waals surface area contributed by atoms with Gasteiger partial charge in [0, 0.05) is 5.56 Å². The van der Waals surface area contributed by atoms with Crippen molar-refractivity contribution in [2.24, 2.45) is 11.8 Å². The molecular formula is C28H42O8. The van der Waals surface area contributed by atoms with E-state index >= 15 is 0 Å². The first-order valence-electron chi connectivity index (χ1n) is 13.4. The summed E-state index contributed by atoms with van der Waals surface area (Å²) < 4.78 is 30.2. The van der Waals surface area contributed by atoms with Crippen molar-refractivity contribution < 1.29 is 38.0 Å². The Morgan fingerprint density at radius 2 is 1.28 bits per heavy atom. The predicted molar refractivity (Wildman–Crippen MR) is 133 cm³/mol. The number of carbonyl (C=O) groups is 2. The first kappa shape index (κ1) is 28.3. The number of hydrogen-bond donors (Lipinski definition) is 0. The summed E-state index contributed by atoms with van der Waals surface area (Å²) in [7, 11) is 2.34. The van der Waals surface area contributed by atoms with E-state index in [1.165, 1.54) is 90.4 Å². The molecule has 36 heavy (non-hydrogen) atoms. The fourth-order valence-corrected chi connectivity index (χ4v) is 5.11. The first-order chi connectivity index (χ1) is 17.5. The van der Waals surface area contributed by atoms with Gasteiger partial charge in [0.05, 0.1) is 14.2 Å². The van der Waals surface area contributed by atoms with Gasteiger partial charge in [0.25, 0.3) is 12.6 Å². The summed E-state index contributed by atoms with van der Waals surface area (Å²) in [6.45, 7) is 2.28. The highest BCUT2D eigenvalue weighted by molar-refractivity contribution is 5.61. The zero-order chi connectivity index (χ0) is 25.8. The number of hydrogen-bond acceptors (Lipinski definition) is 8. The van der Waals surface area contributed by atoms with Crippen LogP contribution in [0.2, 0.25) is 0 Å². The Morgan fingerprint density at radius 1 is 0.778 bits per heavy atom. The topological polar surface area (TPSA) is 89.5 Å². The number of aryl methyl sites for hydroxylation is 1. The average molecular weight is 507 g/mol. The van der Waals surface area contributed by atoms with Crippen LogP contribution in [0.3, 0.4) is 0 Å². The number of carbonyl (C=O) groups excluding carboxylic acids is 2. The van der Waals surface area contributed by atoms with Crippen molar-refractivity contribution in [2.45, 2.75) is 103 Å². The van der Waals surface area contributed by atoms with Gasteiger partial charge in [0.15, 0.2) is 6.29 Å². The zero-order valence-electron chi connectivity index (χ0n) is 21.9. The molecule has 0 amide bonds. The first-order valence-corrected chi connectivity index (χ1v) is 13.4. The molecule has 202 valence electrons. The maximum absolute atomic E-state index is 11.5. The maximum Gasteiger partial charge on any atom is 0.510 e. The third kappa shape index (κ3) is 8.96. The molecule has 1 aromatic carbocycles. The molecule has 8 heteroatoms. The van der Waals surface area contributed by atoms with E-state index in [0.29, 0.717) is 0 Å². The molecule has 1 aromatic rings. The summed E-state index contributed by atoms with van der Waals surface area (Å²) in [5, 5.41) is 0. The lowest BCUT2D eigenvalue weighted by Gasteiger charge is -2.28. The number of benzene rings is 1. The van der Waals surface area contributed by atoms with Crippen LogP contribution in [0.15, 0.2) is 24.3 Å². The minimum absolute atomic E-state index is 0.726. The molecule has 0 radical (unpaired) electrons. The van der Waals surface area contributed by atoms with Gasteiger partial charge in [-0.15, -0.1) is 0 Å². The molecule has 0 aromatic heterocycles. The highest BCUT2D eigenvalue weighted by Gasteiger charge is 2.43. The minimum atomic E-state index is -1.27. The van der Waals surface area contributed by atoms with E-state index in [1.807, 2.05) is 24.3 Å². The van der Waals surface area contributed by atoms with Gasteiger partial charge in [0.1, 0.15) is 0 Å². The zero-order valence-corrected chi connectivity index (χ0v) is 21.9. The maximum atomic E-state index is 11.5. The molecule has 1 aliphatic heterocycles. The monoisotopic (exact) mass is 506 g/mol. The van der Waals surface area contributed by atoms with E-state index in [-0.39, 0.29) is 0 Å². The molecule has 2 atom stereocenters. The number of rotatable bonds is 12. The molecule has 0 N–H and O–H groups in total. The smallest absolute Gasteiger partial charge is 0.438 e. The second-order valence-corrected chi connectivity index (χ2v) is 9.85. The van der Waals surface area contributed by atoms with E-state index in [9.17, 15) is 9.59 Å². The Bertz CT molecular complexity index is 761. The molecule has 3 rings (SSSR count). The third-order valence-electron chi connectivity index (χ3n) is 7.26. The molecule has 8 nitrogen and oxygen atoms in total. The summed E-state index contributed by atoms with van der Waals surface area (Å²) in [5.74, 6) is 1.88. The van der Waals surface area contributed by atoms with Crippen LogP contribution in [-0.4, -0.2) is 39.1 Å². The van der Waals surface area contributed by atoms with Crippen LogP contribution in [0.5, 0.6) is 0 Å². The van der Waals surface area contributed by atoms with Crippen molar-refractivity contribution in [3.8, 4) is 0 Å². The van der Waals surface area contributed by atoms with Gasteiger partial charge in [-0.1, -0.05) is 95.4 Å². The Morgan fingerprint density at radius 3 is 1.75 bits per heavy atom. The van der Waals surface area contributed by atoms with E-state index in [4.69, 9.17) is 18.9 Å². The SMILES string of the molecule is CCCCCC1CCC(CCCCc2ccc(C3O[C@H](OC(=O)OC)[C@@H](OC(=O)OC)O3)cc2)CC1. The molecule has 1 aliphatic carbocycles. The van der Waals surface area contributed by atoms with Crippen LogP contribution >= 0.6 is 0 Å². The van der Waals surface area contributed by atoms with Crippen LogP contribution < -0.4 is 0 Å². The lowest BCUT2D eigenvalue weighted by Crippen LogP contribution is -2.32. The standard InChI is InChI=1S/C28H42O8/c1-4-5-6-9-20-12-14-21(15-13-20)10-7-8-11-22-16-18-23(19-17-22)24-33-25(35-27(29)31-2)26(34-24)36-28(30)32-3/h16-21,24-26H,4-15H2,1-3H3/t20?,21?,25-,26-/m1/s1. The number of methoxy groups -OCH3 is 2. The van der Waals surface area contributed by atoms with Gasteiger partial charge in [-0.3, -0.25) is 0 Å². The highest BCUT2D eigenvalue weighted by Crippen LogP contribution is 2.35. The normalized spacial score (nSPS) is 24.3. The van der Waals surface area contributed by atoms with Crippen molar-refractivity contribution in [1.82, 2.24) is 0 Å². The minimum Gasteiger partial charge on any atom is -0.438 e. The van der Waals surface area contributed by atoms with Crippen molar-refractivity contribution in [2.75, 3.05) is 14.2 Å². The molecule has 0 unspecified atom stereocenters. The second kappa shape index (κ2) is 15.1. The summed E-state index contributed by atoms with van der Waals surface area (Å²) in [5.41, 5.74) is 1.98. The fourth-order valence-electron chi connectivity index (χ4n) is 5.11. The van der Waals surface area contributed by atoms with Gasteiger partial charge in [0.2, 0.25) is 0 Å². The molecule has 2 aliphatic rings. The molecule has 2 fully saturated rings. The second-order valence-electron chi connectivity index (χ2n) is 9.85. The number of unbranched alkanes of at least 4 members (excludes halogenated alkanes) is 3. The lowest BCUT2D eigenvalue weighted by molar-refractivity contribution is -0.156. The lowest BCUT2D eigenvalue weighted by atomic mass is 9.78. The van der Waals surface area contributed by atoms with E-state index in [1.54, 1.807) is 0 Å². The van der Waals surface area contributed by atoms with Gasteiger partial charge in [-0.2, -0.15) is 0 Å². The van der Waals surface area contributed by atoms with Crippen LogP contribution in [0.1, 0.15) is 95.0 Å². The van der Waals surface area contributed by atoms with Gasteiger partial charge in [-0.05, 0) is 30.2 Å². The number of ether oxygens (including phenoxy) is 6. The Kier molecular flexibility index (Phi) is 11.8. The van der Waals surface area contributed by atoms with Crippen LogP contribution in [-0.2, 0) is 34.8 Å². The molecule has 0 spiro atoms. The van der Waals surface area contributed by atoms with Crippen LogP contribution in [0.25, 0.3) is 0 Å². The Labute approximate surface area is 214 Å². The van der Waals surface area contributed by atoms with Gasteiger partial charge in [-0.25, -0.2) is 9.59 Å². The quantitative estimate of drug-likeness (QED) is 0.220. The van der Waals surface area contributed by atoms with Crippen molar-refractivity contribution in [3.05, 3.63) is 35.4 Å². The third-order valence-corrected chi connectivity index (χ3v) is 7.26. The molecule has 1 saturated carbocycles. The summed E-state index contributed by atoms with van der Waals surface area (Å²) >= 11 is 0. The summed E-state index contributed by atoms with van der Waals surface area (Å²) in [6, 6.07) is 7.92. The predicted octanol–water partition coefficient (Wildman–Crippen LogP) is 7.05. The Hall–Kier alpha value is -2.32. The average Bonchev–Trinajstić information content (AvgIpc) is 3.29. The van der Waals surface area contributed by atoms with E-state index in [2.05, 4.69) is 16.4 Å². The molecule has 1 saturated heterocycles. The van der Waals surface area contributed by atoms with Crippen LogP contribution in [0, 0.1) is 11.8 Å². The van der Waals surface area contributed by atoms with Gasteiger partial charge >= 0.3 is 12.3 Å². The fraction of sp³-hybridized carbons (Fsp3) is 0.714. The Balaban J connectivity index is 1.39. The van der Waals surface area contributed by atoms with Crippen molar-refractivity contribution in [1.29, 1.82) is 0 Å². The molecular weight excluding hydrogens is 464 g/mol. The molecule has 0 bridgehead atoms. The molecule has 1 heterocycles. The van der Waals surface area contributed by atoms with E-state index < -0.39 is 31.2 Å². The highest BCUT2D eigenvalue weighted by atomic mass is 16.9. The van der Waals surface area contributed by atoms with Crippen molar-refractivity contribution in [3.63, 3.8) is 0 Å². The van der Waals surface area contributed by atoms with Crippen molar-refractivity contribution >= 4 is 12.3 Å². The summed E-state index contributed by atoms with van der Waals surface area (Å²) in [6.07, 6.45) is 10.7.